The smallest absolute Gasteiger partial charge is 0.184 e. The van der Waals surface area contributed by atoms with E-state index in [4.69, 9.17) is 14.3 Å². The van der Waals surface area contributed by atoms with Gasteiger partial charge in [0.15, 0.2) is 8.32 Å². The lowest BCUT2D eigenvalue weighted by molar-refractivity contribution is 0.0374. The van der Waals surface area contributed by atoms with E-state index in [2.05, 4.69) is 66.2 Å². The van der Waals surface area contributed by atoms with Crippen molar-refractivity contribution in [1.29, 1.82) is 0 Å². The summed E-state index contributed by atoms with van der Waals surface area (Å²) in [6, 6.07) is 0.408. The van der Waals surface area contributed by atoms with Crippen LogP contribution in [0.1, 0.15) is 60.8 Å². The van der Waals surface area contributed by atoms with E-state index in [1.807, 2.05) is 0 Å². The average molecular weight is 371 g/mol. The van der Waals surface area contributed by atoms with E-state index < -0.39 is 8.32 Å². The van der Waals surface area contributed by atoms with Crippen molar-refractivity contribution in [1.82, 2.24) is 5.01 Å². The maximum atomic E-state index is 6.67. The maximum absolute atomic E-state index is 6.67. The topological polar surface area (TPSA) is 34.1 Å². The van der Waals surface area contributed by atoms with Gasteiger partial charge < -0.3 is 9.16 Å². The van der Waals surface area contributed by atoms with Gasteiger partial charge in [0, 0.05) is 31.2 Å². The van der Waals surface area contributed by atoms with E-state index in [9.17, 15) is 0 Å². The Morgan fingerprint density at radius 3 is 2.24 bits per heavy atom. The summed E-state index contributed by atoms with van der Waals surface area (Å²) in [5.74, 6) is 0.445. The van der Waals surface area contributed by atoms with Gasteiger partial charge in [-0.2, -0.15) is 5.10 Å². The molecule has 1 rings (SSSR count). The van der Waals surface area contributed by atoms with Crippen LogP contribution in [0.25, 0.3) is 0 Å². The number of ether oxygens (including phenoxy) is 1. The number of rotatable bonds is 8. The van der Waals surface area contributed by atoms with Crippen LogP contribution in [0.2, 0.25) is 19.6 Å². The van der Waals surface area contributed by atoms with Gasteiger partial charge in [-0.25, -0.2) is 0 Å². The van der Waals surface area contributed by atoms with Crippen LogP contribution in [-0.4, -0.2) is 50.9 Å². The molecule has 25 heavy (non-hydrogen) atoms. The minimum Gasteiger partial charge on any atom is -0.412 e. The Morgan fingerprint density at radius 1 is 1.20 bits per heavy atom. The number of hydrogen-bond acceptors (Lipinski definition) is 4. The first-order valence-electron chi connectivity index (χ1n) is 9.82. The third kappa shape index (κ3) is 7.03. The highest BCUT2D eigenvalue weighted by Gasteiger charge is 2.38. The Morgan fingerprint density at radius 2 is 1.80 bits per heavy atom. The van der Waals surface area contributed by atoms with Gasteiger partial charge in [0.25, 0.3) is 0 Å². The molecule has 0 aliphatic carbocycles. The molecule has 1 heterocycles. The molecule has 1 fully saturated rings. The first kappa shape index (κ1) is 22.6. The fourth-order valence-corrected chi connectivity index (χ4v) is 5.02. The third-order valence-corrected chi connectivity index (χ3v) is 6.18. The number of hydrogen-bond donors (Lipinski definition) is 0. The summed E-state index contributed by atoms with van der Waals surface area (Å²) >= 11 is 0. The van der Waals surface area contributed by atoms with Crippen molar-refractivity contribution < 1.29 is 9.16 Å². The van der Waals surface area contributed by atoms with Crippen LogP contribution in [0.5, 0.6) is 0 Å². The highest BCUT2D eigenvalue weighted by atomic mass is 28.4. The molecular formula is C20H42N2O2Si. The Labute approximate surface area is 157 Å². The lowest BCUT2D eigenvalue weighted by atomic mass is 9.79. The Hall–Kier alpha value is -0.393. The van der Waals surface area contributed by atoms with Gasteiger partial charge in [-0.1, -0.05) is 34.6 Å². The van der Waals surface area contributed by atoms with Gasteiger partial charge in [-0.3, -0.25) is 5.01 Å². The molecule has 1 saturated heterocycles. The van der Waals surface area contributed by atoms with Crippen molar-refractivity contribution in [3.05, 3.63) is 0 Å². The lowest BCUT2D eigenvalue weighted by Crippen LogP contribution is -2.47. The Kier molecular flexibility index (Phi) is 7.73. The largest absolute Gasteiger partial charge is 0.412 e. The van der Waals surface area contributed by atoms with Crippen LogP contribution >= 0.6 is 0 Å². The molecule has 0 bridgehead atoms. The first-order chi connectivity index (χ1) is 11.3. The molecule has 2 atom stereocenters. The first-order valence-corrected chi connectivity index (χ1v) is 13.2. The molecule has 0 amide bonds. The van der Waals surface area contributed by atoms with Crippen LogP contribution < -0.4 is 0 Å². The summed E-state index contributed by atoms with van der Waals surface area (Å²) < 4.78 is 12.1. The summed E-state index contributed by atoms with van der Waals surface area (Å²) in [6.07, 6.45) is 3.25. The molecule has 1 unspecified atom stereocenters. The van der Waals surface area contributed by atoms with Gasteiger partial charge in [-0.15, -0.1) is 0 Å². The SMILES string of the molecule is COC[C@@H]1CCCN1/N=C(/CC(C)(O[Si](C)(C)C)C(C)C)C(C)(C)C. The zero-order valence-corrected chi connectivity index (χ0v) is 19.4. The van der Waals surface area contributed by atoms with E-state index in [1.165, 1.54) is 18.6 Å². The van der Waals surface area contributed by atoms with Crippen molar-refractivity contribution in [2.45, 2.75) is 92.1 Å². The fourth-order valence-electron chi connectivity index (χ4n) is 3.31. The maximum Gasteiger partial charge on any atom is 0.184 e. The van der Waals surface area contributed by atoms with Crippen molar-refractivity contribution in [3.63, 3.8) is 0 Å². The van der Waals surface area contributed by atoms with E-state index in [-0.39, 0.29) is 11.0 Å². The highest BCUT2D eigenvalue weighted by molar-refractivity contribution is 6.69. The molecule has 148 valence electrons. The van der Waals surface area contributed by atoms with Crippen molar-refractivity contribution in [3.8, 4) is 0 Å². The second-order valence-electron chi connectivity index (χ2n) is 10.1. The molecular weight excluding hydrogens is 328 g/mol. The van der Waals surface area contributed by atoms with E-state index in [1.54, 1.807) is 7.11 Å². The van der Waals surface area contributed by atoms with E-state index >= 15 is 0 Å². The van der Waals surface area contributed by atoms with Crippen LogP contribution in [0.3, 0.4) is 0 Å². The second-order valence-corrected chi connectivity index (χ2v) is 14.5. The third-order valence-electron chi connectivity index (χ3n) is 5.10. The van der Waals surface area contributed by atoms with Crippen LogP contribution in [-0.2, 0) is 9.16 Å². The number of nitrogens with zero attached hydrogens (tertiary/aromatic N) is 2. The van der Waals surface area contributed by atoms with Crippen LogP contribution in [0, 0.1) is 11.3 Å². The molecule has 1 aliphatic rings. The molecule has 0 aromatic rings. The van der Waals surface area contributed by atoms with Crippen molar-refractivity contribution in [2.75, 3.05) is 20.3 Å². The van der Waals surface area contributed by atoms with Gasteiger partial charge in [0.05, 0.1) is 18.2 Å². The van der Waals surface area contributed by atoms with Gasteiger partial charge >= 0.3 is 0 Å². The van der Waals surface area contributed by atoms with E-state index in [0.29, 0.717) is 12.0 Å². The predicted molar refractivity (Wildman–Crippen MR) is 111 cm³/mol. The van der Waals surface area contributed by atoms with Crippen LogP contribution in [0.4, 0.5) is 0 Å². The molecule has 5 heteroatoms. The normalized spacial score (nSPS) is 22.6. The molecule has 0 radical (unpaired) electrons. The summed E-state index contributed by atoms with van der Waals surface area (Å²) in [7, 11) is 0.140. The predicted octanol–water partition coefficient (Wildman–Crippen LogP) is 5.16. The fraction of sp³-hybridized carbons (Fsp3) is 0.950. The minimum atomic E-state index is -1.64. The van der Waals surface area contributed by atoms with Gasteiger partial charge in [0.2, 0.25) is 0 Å². The molecule has 0 aromatic carbocycles. The molecule has 1 aliphatic heterocycles. The zero-order chi connectivity index (χ0) is 19.5. The molecule has 0 saturated carbocycles. The summed E-state index contributed by atoms with van der Waals surface area (Å²) in [6.45, 7) is 22.2. The second kappa shape index (κ2) is 8.53. The molecule has 0 N–H and O–H groups in total. The Bertz CT molecular complexity index is 452. The van der Waals surface area contributed by atoms with E-state index in [0.717, 1.165) is 19.6 Å². The Balaban J connectivity index is 3.11. The highest BCUT2D eigenvalue weighted by Crippen LogP contribution is 2.34. The summed E-state index contributed by atoms with van der Waals surface area (Å²) in [5, 5.41) is 7.41. The van der Waals surface area contributed by atoms with Crippen molar-refractivity contribution in [2.24, 2.45) is 16.4 Å². The standard InChI is InChI=1S/C20H42N2O2Si/c1-16(2)20(6,24-25(8,9)10)14-18(19(3,4)5)21-22-13-11-12-17(22)15-23-7/h16-17H,11-15H2,1-10H3/b21-18-/t17-,20?/m0/s1. The number of methoxy groups -OCH3 is 1. The van der Waals surface area contributed by atoms with Gasteiger partial charge in [-0.05, 0) is 45.3 Å². The average Bonchev–Trinajstić information content (AvgIpc) is 2.82. The summed E-state index contributed by atoms with van der Waals surface area (Å²) in [4.78, 5) is 0. The van der Waals surface area contributed by atoms with Crippen molar-refractivity contribution >= 4 is 14.0 Å². The minimum absolute atomic E-state index is 0.0269. The monoisotopic (exact) mass is 370 g/mol. The van der Waals surface area contributed by atoms with Gasteiger partial charge in [0.1, 0.15) is 0 Å². The molecule has 0 aromatic heterocycles. The van der Waals surface area contributed by atoms with Crippen LogP contribution in [0.15, 0.2) is 5.10 Å². The molecule has 4 nitrogen and oxygen atoms in total. The summed E-state index contributed by atoms with van der Waals surface area (Å²) in [5.41, 5.74) is 1.09. The molecule has 0 spiro atoms. The lowest BCUT2D eigenvalue weighted by Gasteiger charge is -2.42. The number of hydrazone groups is 1. The zero-order valence-electron chi connectivity index (χ0n) is 18.4. The quantitative estimate of drug-likeness (QED) is 0.437.